The number of anilines is 1. The van der Waals surface area contributed by atoms with Gasteiger partial charge in [-0.2, -0.15) is 0 Å². The van der Waals surface area contributed by atoms with Crippen LogP contribution in [0.25, 0.3) is 0 Å². The Morgan fingerprint density at radius 3 is 2.70 bits per heavy atom. The lowest BCUT2D eigenvalue weighted by Gasteiger charge is -2.25. The summed E-state index contributed by atoms with van der Waals surface area (Å²) in [5.74, 6) is -0.751. The van der Waals surface area contributed by atoms with Crippen LogP contribution in [0.2, 0.25) is 0 Å². The van der Waals surface area contributed by atoms with Crippen molar-refractivity contribution in [2.24, 2.45) is 0 Å². The van der Waals surface area contributed by atoms with Gasteiger partial charge in [0.2, 0.25) is 0 Å². The smallest absolute Gasteiger partial charge is 0.305 e. The average Bonchev–Trinajstić information content (AvgIpc) is 2.93. The maximum atomic E-state index is 10.8. The molecule has 0 aromatic heterocycles. The number of ether oxygens (including phenoxy) is 1. The summed E-state index contributed by atoms with van der Waals surface area (Å²) in [6.45, 7) is 4.31. The van der Waals surface area contributed by atoms with Gasteiger partial charge in [-0.05, 0) is 38.3 Å². The number of benzene rings is 1. The Balaban J connectivity index is 1.95. The van der Waals surface area contributed by atoms with Crippen LogP contribution in [0.4, 0.5) is 5.69 Å². The van der Waals surface area contributed by atoms with Crippen LogP contribution >= 0.6 is 0 Å². The zero-order chi connectivity index (χ0) is 14.4. The first-order chi connectivity index (χ1) is 9.65. The molecule has 4 heteroatoms. The van der Waals surface area contributed by atoms with Gasteiger partial charge in [0.25, 0.3) is 0 Å². The van der Waals surface area contributed by atoms with Crippen LogP contribution < -0.4 is 4.90 Å². The van der Waals surface area contributed by atoms with Gasteiger partial charge in [-0.25, -0.2) is 0 Å². The van der Waals surface area contributed by atoms with Crippen molar-refractivity contribution >= 4 is 11.7 Å². The number of carbonyl (C=O) groups is 1. The van der Waals surface area contributed by atoms with E-state index in [0.29, 0.717) is 12.6 Å². The highest BCUT2D eigenvalue weighted by Gasteiger charge is 2.17. The standard InChI is InChI=1S/C16H23NO3/c1-13-4-6-14(7-5-13)17(11-9-16(18)19)10-8-15-3-2-12-20-15/h4-7,15H,2-3,8-12H2,1H3,(H,18,19). The molecular formula is C16H23NO3. The van der Waals surface area contributed by atoms with E-state index in [9.17, 15) is 4.79 Å². The maximum Gasteiger partial charge on any atom is 0.305 e. The SMILES string of the molecule is Cc1ccc(N(CCC(=O)O)CCC2CCCO2)cc1. The monoisotopic (exact) mass is 277 g/mol. The van der Waals surface area contributed by atoms with E-state index in [2.05, 4.69) is 36.1 Å². The summed E-state index contributed by atoms with van der Waals surface area (Å²) in [6.07, 6.45) is 3.74. The largest absolute Gasteiger partial charge is 0.481 e. The van der Waals surface area contributed by atoms with Crippen molar-refractivity contribution in [1.82, 2.24) is 0 Å². The van der Waals surface area contributed by atoms with Gasteiger partial charge in [-0.15, -0.1) is 0 Å². The molecule has 110 valence electrons. The molecule has 4 nitrogen and oxygen atoms in total. The zero-order valence-corrected chi connectivity index (χ0v) is 12.0. The Morgan fingerprint density at radius 2 is 2.10 bits per heavy atom. The molecule has 0 aliphatic carbocycles. The van der Waals surface area contributed by atoms with E-state index in [1.54, 1.807) is 0 Å². The molecule has 0 amide bonds. The molecule has 0 saturated carbocycles. The predicted octanol–water partition coefficient (Wildman–Crippen LogP) is 2.85. The molecule has 0 spiro atoms. The lowest BCUT2D eigenvalue weighted by molar-refractivity contribution is -0.136. The van der Waals surface area contributed by atoms with Gasteiger partial charge in [-0.1, -0.05) is 17.7 Å². The van der Waals surface area contributed by atoms with Crippen molar-refractivity contribution in [2.75, 3.05) is 24.6 Å². The minimum Gasteiger partial charge on any atom is -0.481 e. The first-order valence-electron chi connectivity index (χ1n) is 7.30. The van der Waals surface area contributed by atoms with Crippen LogP contribution in [0.1, 0.15) is 31.2 Å². The van der Waals surface area contributed by atoms with Gasteiger partial charge in [0.1, 0.15) is 0 Å². The van der Waals surface area contributed by atoms with E-state index in [0.717, 1.165) is 38.1 Å². The summed E-state index contributed by atoms with van der Waals surface area (Å²) in [5, 5.41) is 8.88. The van der Waals surface area contributed by atoms with Crippen molar-refractivity contribution in [3.63, 3.8) is 0 Å². The molecule has 1 atom stereocenters. The summed E-state index contributed by atoms with van der Waals surface area (Å²) >= 11 is 0. The number of nitrogens with zero attached hydrogens (tertiary/aromatic N) is 1. The number of hydrogen-bond acceptors (Lipinski definition) is 3. The molecule has 1 aliphatic rings. The molecule has 0 bridgehead atoms. The van der Waals surface area contributed by atoms with Gasteiger partial charge in [-0.3, -0.25) is 4.79 Å². The molecule has 1 saturated heterocycles. The fraction of sp³-hybridized carbons (Fsp3) is 0.562. The molecule has 2 rings (SSSR count). The second kappa shape index (κ2) is 7.29. The van der Waals surface area contributed by atoms with Crippen LogP contribution in [0.15, 0.2) is 24.3 Å². The summed E-state index contributed by atoms with van der Waals surface area (Å²) in [6, 6.07) is 8.25. The van der Waals surface area contributed by atoms with Crippen LogP contribution in [0.3, 0.4) is 0 Å². The van der Waals surface area contributed by atoms with E-state index < -0.39 is 5.97 Å². The lowest BCUT2D eigenvalue weighted by Crippen LogP contribution is -2.29. The van der Waals surface area contributed by atoms with Crippen LogP contribution in [0.5, 0.6) is 0 Å². The number of aliphatic carboxylic acids is 1. The number of carboxylic acids is 1. The molecule has 1 heterocycles. The Hall–Kier alpha value is -1.55. The third-order valence-corrected chi connectivity index (χ3v) is 3.74. The third-order valence-electron chi connectivity index (χ3n) is 3.74. The molecule has 20 heavy (non-hydrogen) atoms. The van der Waals surface area contributed by atoms with Crippen LogP contribution in [0, 0.1) is 6.92 Å². The first-order valence-corrected chi connectivity index (χ1v) is 7.30. The number of rotatable bonds is 7. The first kappa shape index (κ1) is 14.9. The quantitative estimate of drug-likeness (QED) is 0.832. The Kier molecular flexibility index (Phi) is 5.41. The molecule has 1 aliphatic heterocycles. The summed E-state index contributed by atoms with van der Waals surface area (Å²) in [7, 11) is 0. The molecule has 1 aromatic carbocycles. The van der Waals surface area contributed by atoms with E-state index in [1.807, 2.05) is 0 Å². The third kappa shape index (κ3) is 4.53. The molecule has 1 aromatic rings. The van der Waals surface area contributed by atoms with Crippen molar-refractivity contribution in [3.05, 3.63) is 29.8 Å². The molecule has 1 fully saturated rings. The number of hydrogen-bond donors (Lipinski definition) is 1. The normalized spacial score (nSPS) is 18.1. The Bertz CT molecular complexity index is 424. The average molecular weight is 277 g/mol. The maximum absolute atomic E-state index is 10.8. The number of carboxylic acid groups (broad SMARTS) is 1. The van der Waals surface area contributed by atoms with Crippen molar-refractivity contribution < 1.29 is 14.6 Å². The van der Waals surface area contributed by atoms with Gasteiger partial charge in [0.05, 0.1) is 12.5 Å². The summed E-state index contributed by atoms with van der Waals surface area (Å²) < 4.78 is 5.64. The van der Waals surface area contributed by atoms with Crippen molar-refractivity contribution in [3.8, 4) is 0 Å². The Morgan fingerprint density at radius 1 is 1.35 bits per heavy atom. The summed E-state index contributed by atoms with van der Waals surface area (Å²) in [4.78, 5) is 12.9. The summed E-state index contributed by atoms with van der Waals surface area (Å²) in [5.41, 5.74) is 2.31. The van der Waals surface area contributed by atoms with Gasteiger partial charge < -0.3 is 14.7 Å². The second-order valence-electron chi connectivity index (χ2n) is 5.39. The number of aryl methyl sites for hydroxylation is 1. The second-order valence-corrected chi connectivity index (χ2v) is 5.39. The van der Waals surface area contributed by atoms with E-state index in [-0.39, 0.29) is 6.42 Å². The highest BCUT2D eigenvalue weighted by molar-refractivity contribution is 5.67. The molecule has 1 unspecified atom stereocenters. The Labute approximate surface area is 120 Å². The lowest BCUT2D eigenvalue weighted by atomic mass is 10.1. The predicted molar refractivity (Wildman–Crippen MR) is 79.2 cm³/mol. The molecular weight excluding hydrogens is 254 g/mol. The topological polar surface area (TPSA) is 49.8 Å². The van der Waals surface area contributed by atoms with Crippen molar-refractivity contribution in [2.45, 2.75) is 38.7 Å². The van der Waals surface area contributed by atoms with Crippen LogP contribution in [-0.4, -0.2) is 36.9 Å². The van der Waals surface area contributed by atoms with Gasteiger partial charge >= 0.3 is 5.97 Å². The minimum absolute atomic E-state index is 0.166. The highest BCUT2D eigenvalue weighted by Crippen LogP contribution is 2.20. The van der Waals surface area contributed by atoms with E-state index in [1.165, 1.54) is 5.56 Å². The van der Waals surface area contributed by atoms with Gasteiger partial charge in [0, 0.05) is 25.4 Å². The molecule has 1 N–H and O–H groups in total. The fourth-order valence-electron chi connectivity index (χ4n) is 2.53. The van der Waals surface area contributed by atoms with Crippen molar-refractivity contribution in [1.29, 1.82) is 0 Å². The van der Waals surface area contributed by atoms with E-state index in [4.69, 9.17) is 9.84 Å². The van der Waals surface area contributed by atoms with Crippen LogP contribution in [-0.2, 0) is 9.53 Å². The molecule has 0 radical (unpaired) electrons. The zero-order valence-electron chi connectivity index (χ0n) is 12.0. The fourth-order valence-corrected chi connectivity index (χ4v) is 2.53. The van der Waals surface area contributed by atoms with Gasteiger partial charge in [0.15, 0.2) is 0 Å². The van der Waals surface area contributed by atoms with E-state index >= 15 is 0 Å². The minimum atomic E-state index is -0.751. The highest BCUT2D eigenvalue weighted by atomic mass is 16.5.